The molecule has 1 saturated heterocycles. The lowest BCUT2D eigenvalue weighted by atomic mass is 9.97. The largest absolute Gasteiger partial charge is 0.481 e. The van der Waals surface area contributed by atoms with Crippen LogP contribution >= 0.6 is 0 Å². The summed E-state index contributed by atoms with van der Waals surface area (Å²) in [4.78, 5) is 28.9. The minimum Gasteiger partial charge on any atom is -0.481 e. The third kappa shape index (κ3) is 5.53. The number of carbonyl (C=O) groups is 2. The van der Waals surface area contributed by atoms with Gasteiger partial charge in [0.2, 0.25) is 0 Å². The van der Waals surface area contributed by atoms with Crippen molar-refractivity contribution in [2.75, 3.05) is 45.8 Å². The van der Waals surface area contributed by atoms with Gasteiger partial charge >= 0.3 is 12.0 Å². The molecule has 1 heterocycles. The molecule has 1 fully saturated rings. The average Bonchev–Trinajstić information content (AvgIpc) is 2.42. The first-order chi connectivity index (χ1) is 10.0. The number of hydrogen-bond donors (Lipinski definition) is 1. The van der Waals surface area contributed by atoms with Crippen molar-refractivity contribution >= 4 is 12.0 Å². The number of rotatable bonds is 9. The Hall–Kier alpha value is -1.30. The Labute approximate surface area is 127 Å². The molecular weight excluding hydrogens is 270 g/mol. The lowest BCUT2D eigenvalue weighted by molar-refractivity contribution is -0.139. The molecule has 0 aliphatic carbocycles. The first-order valence-corrected chi connectivity index (χ1v) is 7.99. The molecule has 1 aliphatic heterocycles. The monoisotopic (exact) mass is 299 g/mol. The highest BCUT2D eigenvalue weighted by molar-refractivity contribution is 5.76. The molecule has 0 radical (unpaired) electrons. The van der Waals surface area contributed by atoms with Gasteiger partial charge in [0, 0.05) is 32.1 Å². The van der Waals surface area contributed by atoms with Gasteiger partial charge in [-0.15, -0.1) is 0 Å². The Morgan fingerprint density at radius 1 is 1.10 bits per heavy atom. The van der Waals surface area contributed by atoms with E-state index in [1.807, 2.05) is 11.8 Å². The summed E-state index contributed by atoms with van der Waals surface area (Å²) in [7, 11) is 0. The van der Waals surface area contributed by atoms with E-state index in [2.05, 4.69) is 18.7 Å². The molecule has 1 rings (SSSR count). The predicted molar refractivity (Wildman–Crippen MR) is 82.4 cm³/mol. The van der Waals surface area contributed by atoms with E-state index in [9.17, 15) is 9.59 Å². The van der Waals surface area contributed by atoms with Crippen molar-refractivity contribution < 1.29 is 14.7 Å². The molecule has 0 bridgehead atoms. The summed E-state index contributed by atoms with van der Waals surface area (Å²) in [5, 5.41) is 8.73. The summed E-state index contributed by atoms with van der Waals surface area (Å²) in [6.07, 6.45) is 1.14. The van der Waals surface area contributed by atoms with E-state index in [1.54, 1.807) is 4.90 Å². The van der Waals surface area contributed by atoms with Crippen LogP contribution in [0.3, 0.4) is 0 Å². The number of aliphatic carboxylic acids is 1. The second kappa shape index (κ2) is 8.87. The standard InChI is InChI=1S/C15H29N3O3/c1-4-16(5-2)8-7-9-17(6-3)15(21)18-11-13(12-18)10-14(19)20/h13H,4-12H2,1-3H3,(H,19,20). The molecule has 1 aliphatic rings. The number of hydrogen-bond acceptors (Lipinski definition) is 3. The fourth-order valence-corrected chi connectivity index (χ4v) is 2.72. The van der Waals surface area contributed by atoms with E-state index < -0.39 is 5.97 Å². The number of carboxylic acid groups (broad SMARTS) is 1. The quantitative estimate of drug-likeness (QED) is 0.702. The molecule has 2 amide bonds. The van der Waals surface area contributed by atoms with Crippen LogP contribution in [0.4, 0.5) is 4.79 Å². The molecule has 0 saturated carbocycles. The maximum absolute atomic E-state index is 12.3. The first kappa shape index (κ1) is 17.8. The van der Waals surface area contributed by atoms with Gasteiger partial charge in [0.05, 0.1) is 6.42 Å². The summed E-state index contributed by atoms with van der Waals surface area (Å²) in [5.41, 5.74) is 0. The topological polar surface area (TPSA) is 64.1 Å². The predicted octanol–water partition coefficient (Wildman–Crippen LogP) is 1.57. The summed E-state index contributed by atoms with van der Waals surface area (Å²) in [6, 6.07) is 0.0543. The number of amides is 2. The molecule has 0 spiro atoms. The van der Waals surface area contributed by atoms with Crippen LogP contribution in [0.15, 0.2) is 0 Å². The number of carboxylic acids is 1. The van der Waals surface area contributed by atoms with Crippen molar-refractivity contribution in [2.45, 2.75) is 33.6 Å². The second-order valence-electron chi connectivity index (χ2n) is 5.61. The number of urea groups is 1. The molecule has 21 heavy (non-hydrogen) atoms. The minimum absolute atomic E-state index is 0.0543. The summed E-state index contributed by atoms with van der Waals surface area (Å²) < 4.78 is 0. The molecule has 0 aromatic carbocycles. The van der Waals surface area contributed by atoms with Gasteiger partial charge in [-0.05, 0) is 33.0 Å². The van der Waals surface area contributed by atoms with Crippen LogP contribution in [-0.2, 0) is 4.79 Å². The minimum atomic E-state index is -0.779. The highest BCUT2D eigenvalue weighted by Crippen LogP contribution is 2.20. The summed E-state index contributed by atoms with van der Waals surface area (Å²) in [5.74, 6) is -0.653. The highest BCUT2D eigenvalue weighted by atomic mass is 16.4. The Bertz CT molecular complexity index is 339. The van der Waals surface area contributed by atoms with Gasteiger partial charge < -0.3 is 19.8 Å². The van der Waals surface area contributed by atoms with E-state index in [0.717, 1.165) is 32.6 Å². The van der Waals surface area contributed by atoms with Crippen molar-refractivity contribution in [1.82, 2.24) is 14.7 Å². The van der Waals surface area contributed by atoms with E-state index in [4.69, 9.17) is 5.11 Å². The van der Waals surface area contributed by atoms with Crippen molar-refractivity contribution in [3.8, 4) is 0 Å². The summed E-state index contributed by atoms with van der Waals surface area (Å²) >= 11 is 0. The van der Waals surface area contributed by atoms with E-state index in [-0.39, 0.29) is 18.4 Å². The van der Waals surface area contributed by atoms with Crippen LogP contribution < -0.4 is 0 Å². The van der Waals surface area contributed by atoms with Gasteiger partial charge in [0.15, 0.2) is 0 Å². The molecule has 0 unspecified atom stereocenters. The van der Waals surface area contributed by atoms with Crippen LogP contribution in [-0.4, -0.2) is 77.6 Å². The van der Waals surface area contributed by atoms with Crippen molar-refractivity contribution in [3.05, 3.63) is 0 Å². The average molecular weight is 299 g/mol. The third-order valence-corrected chi connectivity index (χ3v) is 4.14. The lowest BCUT2D eigenvalue weighted by Crippen LogP contribution is -2.55. The SMILES string of the molecule is CCN(CC)CCCN(CC)C(=O)N1CC(CC(=O)O)C1. The van der Waals surface area contributed by atoms with Crippen LogP contribution in [0.5, 0.6) is 0 Å². The van der Waals surface area contributed by atoms with E-state index >= 15 is 0 Å². The zero-order valence-corrected chi connectivity index (χ0v) is 13.5. The molecular formula is C15H29N3O3. The van der Waals surface area contributed by atoms with Crippen LogP contribution in [0, 0.1) is 5.92 Å². The van der Waals surface area contributed by atoms with Crippen LogP contribution in [0.25, 0.3) is 0 Å². The Kier molecular flexibility index (Phi) is 7.50. The highest BCUT2D eigenvalue weighted by Gasteiger charge is 2.33. The maximum atomic E-state index is 12.3. The Morgan fingerprint density at radius 2 is 1.71 bits per heavy atom. The van der Waals surface area contributed by atoms with Crippen LogP contribution in [0.1, 0.15) is 33.6 Å². The number of nitrogens with zero attached hydrogens (tertiary/aromatic N) is 3. The van der Waals surface area contributed by atoms with Gasteiger partial charge in [0.25, 0.3) is 0 Å². The third-order valence-electron chi connectivity index (χ3n) is 4.14. The van der Waals surface area contributed by atoms with Gasteiger partial charge in [-0.3, -0.25) is 4.79 Å². The van der Waals surface area contributed by atoms with Crippen LogP contribution in [0.2, 0.25) is 0 Å². The number of likely N-dealkylation sites (tertiary alicyclic amines) is 1. The van der Waals surface area contributed by atoms with Crippen molar-refractivity contribution in [2.24, 2.45) is 5.92 Å². The Morgan fingerprint density at radius 3 is 2.19 bits per heavy atom. The van der Waals surface area contributed by atoms with Crippen molar-refractivity contribution in [3.63, 3.8) is 0 Å². The zero-order valence-electron chi connectivity index (χ0n) is 13.5. The molecule has 6 nitrogen and oxygen atoms in total. The molecule has 122 valence electrons. The lowest BCUT2D eigenvalue weighted by Gasteiger charge is -2.41. The van der Waals surface area contributed by atoms with Gasteiger partial charge in [-0.1, -0.05) is 13.8 Å². The number of carbonyl (C=O) groups excluding carboxylic acids is 1. The smallest absolute Gasteiger partial charge is 0.320 e. The molecule has 1 N–H and O–H groups in total. The van der Waals surface area contributed by atoms with Gasteiger partial charge in [-0.25, -0.2) is 4.79 Å². The Balaban J connectivity index is 2.29. The van der Waals surface area contributed by atoms with Gasteiger partial charge in [0.1, 0.15) is 0 Å². The van der Waals surface area contributed by atoms with Crippen molar-refractivity contribution in [1.29, 1.82) is 0 Å². The molecule has 6 heteroatoms. The molecule has 0 aromatic heterocycles. The normalized spacial score (nSPS) is 15.1. The second-order valence-corrected chi connectivity index (χ2v) is 5.61. The zero-order chi connectivity index (χ0) is 15.8. The fraction of sp³-hybridized carbons (Fsp3) is 0.867. The maximum Gasteiger partial charge on any atom is 0.320 e. The van der Waals surface area contributed by atoms with E-state index in [0.29, 0.717) is 19.6 Å². The molecule has 0 aromatic rings. The fourth-order valence-electron chi connectivity index (χ4n) is 2.72. The van der Waals surface area contributed by atoms with Gasteiger partial charge in [-0.2, -0.15) is 0 Å². The first-order valence-electron chi connectivity index (χ1n) is 7.99. The molecule has 0 atom stereocenters. The van der Waals surface area contributed by atoms with E-state index in [1.165, 1.54) is 0 Å². The summed E-state index contributed by atoms with van der Waals surface area (Å²) in [6.45, 7) is 12.0.